The molecule has 0 bridgehead atoms. The molecular formula is C17H19NO2. The monoisotopic (exact) mass is 269 g/mol. The van der Waals surface area contributed by atoms with Gasteiger partial charge in [-0.3, -0.25) is 0 Å². The van der Waals surface area contributed by atoms with Crippen molar-refractivity contribution in [1.29, 1.82) is 0 Å². The smallest absolute Gasteiger partial charge is 0.318 e. The molecule has 2 aromatic carbocycles. The fraction of sp³-hybridized carbons (Fsp3) is 0.294. The van der Waals surface area contributed by atoms with Crippen LogP contribution in [-0.4, -0.2) is 11.7 Å². The van der Waals surface area contributed by atoms with Crippen LogP contribution in [0.4, 0.5) is 0 Å². The highest BCUT2D eigenvalue weighted by molar-refractivity contribution is 6.01. The molecule has 0 unspecified atom stereocenters. The van der Waals surface area contributed by atoms with Crippen LogP contribution in [0.25, 0.3) is 10.8 Å². The highest BCUT2D eigenvalue weighted by Gasteiger charge is 2.04. The summed E-state index contributed by atoms with van der Waals surface area (Å²) in [5.41, 5.74) is 1.67. The Labute approximate surface area is 119 Å². The molecule has 0 saturated heterocycles. The van der Waals surface area contributed by atoms with Gasteiger partial charge in [0.1, 0.15) is 0 Å². The zero-order valence-electron chi connectivity index (χ0n) is 11.9. The van der Waals surface area contributed by atoms with Gasteiger partial charge in [-0.2, -0.15) is 0 Å². The first-order valence-corrected chi connectivity index (χ1v) is 6.94. The largest absolute Gasteiger partial charge is 0.335 e. The summed E-state index contributed by atoms with van der Waals surface area (Å²) in [5, 5.41) is 6.26. The highest BCUT2D eigenvalue weighted by Crippen LogP contribution is 2.16. The summed E-state index contributed by atoms with van der Waals surface area (Å²) in [6.45, 7) is 3.88. The minimum absolute atomic E-state index is 0.271. The lowest BCUT2D eigenvalue weighted by molar-refractivity contribution is -0.143. The number of carbonyl (C=O) groups excluding carboxylic acids is 1. The quantitative estimate of drug-likeness (QED) is 0.461. The zero-order chi connectivity index (χ0) is 14.4. The second-order valence-corrected chi connectivity index (χ2v) is 4.81. The summed E-state index contributed by atoms with van der Waals surface area (Å²) in [4.78, 5) is 16.3. The summed E-state index contributed by atoms with van der Waals surface area (Å²) < 4.78 is 0. The molecule has 0 N–H and O–H groups in total. The van der Waals surface area contributed by atoms with Crippen LogP contribution in [0, 0.1) is 0 Å². The van der Waals surface area contributed by atoms with E-state index in [9.17, 15) is 4.79 Å². The van der Waals surface area contributed by atoms with Crippen molar-refractivity contribution in [3.05, 3.63) is 48.0 Å². The number of benzene rings is 2. The maximum absolute atomic E-state index is 11.4. The average Bonchev–Trinajstić information content (AvgIpc) is 2.50. The van der Waals surface area contributed by atoms with Gasteiger partial charge in [0.25, 0.3) is 0 Å². The third-order valence-electron chi connectivity index (χ3n) is 3.19. The van der Waals surface area contributed by atoms with E-state index in [-0.39, 0.29) is 5.97 Å². The standard InChI is InChI=1S/C17H19NO2/c1-3-4-9-17(19)20-18-13(2)15-11-10-14-7-5-6-8-16(14)12-15/h5-8,10-12H,3-4,9H2,1-2H3. The predicted octanol–water partition coefficient (Wildman–Crippen LogP) is 4.30. The van der Waals surface area contributed by atoms with Crippen molar-refractivity contribution in [1.82, 2.24) is 0 Å². The average molecular weight is 269 g/mol. The van der Waals surface area contributed by atoms with Gasteiger partial charge in [0.2, 0.25) is 0 Å². The molecule has 0 atom stereocenters. The molecule has 2 aromatic rings. The minimum atomic E-state index is -0.271. The Morgan fingerprint density at radius 1 is 1.15 bits per heavy atom. The number of oxime groups is 1. The van der Waals surface area contributed by atoms with Crippen LogP contribution < -0.4 is 0 Å². The molecule has 0 fully saturated rings. The summed E-state index contributed by atoms with van der Waals surface area (Å²) in [6, 6.07) is 14.2. The molecule has 0 aliphatic rings. The maximum atomic E-state index is 11.4. The second kappa shape index (κ2) is 6.85. The fourth-order valence-electron chi connectivity index (χ4n) is 1.95. The number of fused-ring (bicyclic) bond motifs is 1. The summed E-state index contributed by atoms with van der Waals surface area (Å²) in [7, 11) is 0. The number of hydrogen-bond donors (Lipinski definition) is 0. The molecule has 2 rings (SSSR count). The van der Waals surface area contributed by atoms with Gasteiger partial charge in [0, 0.05) is 6.42 Å². The molecule has 0 heterocycles. The lowest BCUT2D eigenvalue weighted by Gasteiger charge is -2.03. The van der Waals surface area contributed by atoms with Crippen LogP contribution in [0.3, 0.4) is 0 Å². The van der Waals surface area contributed by atoms with E-state index >= 15 is 0 Å². The molecule has 3 heteroatoms. The molecule has 0 aromatic heterocycles. The zero-order valence-corrected chi connectivity index (χ0v) is 11.9. The Hall–Kier alpha value is -2.16. The van der Waals surface area contributed by atoms with Gasteiger partial charge < -0.3 is 4.84 Å². The molecule has 0 saturated carbocycles. The number of rotatable bonds is 5. The molecule has 3 nitrogen and oxygen atoms in total. The molecule has 0 aliphatic heterocycles. The summed E-state index contributed by atoms with van der Waals surface area (Å²) in [5.74, 6) is -0.271. The lowest BCUT2D eigenvalue weighted by Crippen LogP contribution is -2.03. The Bertz CT molecular complexity index is 632. The number of carbonyl (C=O) groups is 1. The number of unbranched alkanes of at least 4 members (excludes halogenated alkanes) is 1. The van der Waals surface area contributed by atoms with E-state index < -0.39 is 0 Å². The molecule has 0 amide bonds. The van der Waals surface area contributed by atoms with Crippen molar-refractivity contribution < 1.29 is 9.63 Å². The number of nitrogens with zero attached hydrogens (tertiary/aromatic N) is 1. The summed E-state index contributed by atoms with van der Waals surface area (Å²) in [6.07, 6.45) is 2.23. The first-order chi connectivity index (χ1) is 9.70. The third-order valence-corrected chi connectivity index (χ3v) is 3.19. The Morgan fingerprint density at radius 2 is 1.90 bits per heavy atom. The van der Waals surface area contributed by atoms with Gasteiger partial charge in [0.15, 0.2) is 0 Å². The van der Waals surface area contributed by atoms with Crippen molar-refractivity contribution in [2.75, 3.05) is 0 Å². The van der Waals surface area contributed by atoms with E-state index in [1.54, 1.807) is 0 Å². The molecular weight excluding hydrogens is 250 g/mol. The molecule has 0 spiro atoms. The molecule has 0 aliphatic carbocycles. The Morgan fingerprint density at radius 3 is 2.65 bits per heavy atom. The van der Waals surface area contributed by atoms with Crippen molar-refractivity contribution >= 4 is 22.5 Å². The SMILES string of the molecule is CCCCC(=O)ON=C(C)c1ccc2ccccc2c1. The van der Waals surface area contributed by atoms with Gasteiger partial charge in [-0.05, 0) is 35.7 Å². The first-order valence-electron chi connectivity index (χ1n) is 6.94. The van der Waals surface area contributed by atoms with E-state index in [0.717, 1.165) is 23.8 Å². The number of hydrogen-bond acceptors (Lipinski definition) is 3. The first kappa shape index (κ1) is 14.3. The van der Waals surface area contributed by atoms with Gasteiger partial charge in [-0.15, -0.1) is 0 Å². The van der Waals surface area contributed by atoms with E-state index in [0.29, 0.717) is 12.1 Å². The molecule has 0 radical (unpaired) electrons. The van der Waals surface area contributed by atoms with Crippen LogP contribution in [0.5, 0.6) is 0 Å². The van der Waals surface area contributed by atoms with Crippen LogP contribution in [-0.2, 0) is 9.63 Å². The van der Waals surface area contributed by atoms with Crippen LogP contribution in [0.2, 0.25) is 0 Å². The van der Waals surface area contributed by atoms with E-state index in [2.05, 4.69) is 17.3 Å². The predicted molar refractivity (Wildman–Crippen MR) is 81.8 cm³/mol. The maximum Gasteiger partial charge on any atom is 0.335 e. The van der Waals surface area contributed by atoms with Crippen molar-refractivity contribution in [3.8, 4) is 0 Å². The molecule has 20 heavy (non-hydrogen) atoms. The van der Waals surface area contributed by atoms with Crippen LogP contribution >= 0.6 is 0 Å². The second-order valence-electron chi connectivity index (χ2n) is 4.81. The van der Waals surface area contributed by atoms with Crippen molar-refractivity contribution in [2.45, 2.75) is 33.1 Å². The Kier molecular flexibility index (Phi) is 4.88. The minimum Gasteiger partial charge on any atom is -0.318 e. The van der Waals surface area contributed by atoms with Gasteiger partial charge in [-0.1, -0.05) is 54.9 Å². The topological polar surface area (TPSA) is 38.7 Å². The molecule has 104 valence electrons. The Balaban J connectivity index is 2.10. The summed E-state index contributed by atoms with van der Waals surface area (Å²) >= 11 is 0. The normalized spacial score (nSPS) is 11.6. The van der Waals surface area contributed by atoms with E-state index in [4.69, 9.17) is 4.84 Å². The van der Waals surface area contributed by atoms with Crippen molar-refractivity contribution in [2.24, 2.45) is 5.16 Å². The van der Waals surface area contributed by atoms with Crippen LogP contribution in [0.15, 0.2) is 47.6 Å². The van der Waals surface area contributed by atoms with Crippen molar-refractivity contribution in [3.63, 3.8) is 0 Å². The highest BCUT2D eigenvalue weighted by atomic mass is 16.7. The lowest BCUT2D eigenvalue weighted by atomic mass is 10.0. The van der Waals surface area contributed by atoms with Crippen LogP contribution in [0.1, 0.15) is 38.7 Å². The van der Waals surface area contributed by atoms with Gasteiger partial charge in [0.05, 0.1) is 5.71 Å². The van der Waals surface area contributed by atoms with E-state index in [1.807, 2.05) is 44.2 Å². The fourth-order valence-corrected chi connectivity index (χ4v) is 1.95. The van der Waals surface area contributed by atoms with E-state index in [1.165, 1.54) is 5.39 Å². The van der Waals surface area contributed by atoms with Gasteiger partial charge >= 0.3 is 5.97 Å². The third kappa shape index (κ3) is 3.67. The van der Waals surface area contributed by atoms with Gasteiger partial charge in [-0.25, -0.2) is 4.79 Å².